The summed E-state index contributed by atoms with van der Waals surface area (Å²) in [7, 11) is 3.39. The first-order valence-corrected chi connectivity index (χ1v) is 16.7. The largest absolute Gasteiger partial charge is 0.368 e. The third kappa shape index (κ3) is 6.25. The van der Waals surface area contributed by atoms with Gasteiger partial charge in [-0.25, -0.2) is 9.97 Å². The Morgan fingerprint density at radius 3 is 2.69 bits per heavy atom. The molecule has 1 N–H and O–H groups in total. The van der Waals surface area contributed by atoms with Crippen LogP contribution in [0.3, 0.4) is 0 Å². The minimum absolute atomic E-state index is 0.0137. The lowest BCUT2D eigenvalue weighted by atomic mass is 10.0. The predicted octanol–water partition coefficient (Wildman–Crippen LogP) is 6.60. The highest BCUT2D eigenvalue weighted by Gasteiger charge is 2.22. The molecule has 1 aliphatic rings. The van der Waals surface area contributed by atoms with Crippen molar-refractivity contribution in [2.24, 2.45) is 0 Å². The van der Waals surface area contributed by atoms with E-state index in [1.165, 1.54) is 11.1 Å². The average Bonchev–Trinajstić information content (AvgIpc) is 3.31. The second-order valence-electron chi connectivity index (χ2n) is 11.7. The Hall–Kier alpha value is -4.01. The monoisotopic (exact) mass is 587 g/mol. The van der Waals surface area contributed by atoms with E-state index in [0.717, 1.165) is 48.0 Å². The lowest BCUT2D eigenvalue weighted by molar-refractivity contribution is -0.384. The van der Waals surface area contributed by atoms with Crippen LogP contribution in [-0.4, -0.2) is 71.9 Å². The van der Waals surface area contributed by atoms with Crippen LogP contribution in [0.25, 0.3) is 28.2 Å². The molecule has 0 atom stereocenters. The zero-order valence-electron chi connectivity index (χ0n) is 25.1. The number of nitrogens with one attached hydrogen (secondary N) is 1. The first-order chi connectivity index (χ1) is 19.9. The first-order valence-electron chi connectivity index (χ1n) is 14.1. The smallest absolute Gasteiger partial charge is 0.294 e. The maximum atomic E-state index is 12.5. The minimum Gasteiger partial charge on any atom is -0.368 e. The Morgan fingerprint density at radius 2 is 1.98 bits per heavy atom. The van der Waals surface area contributed by atoms with Gasteiger partial charge in [-0.1, -0.05) is 18.2 Å². The summed E-state index contributed by atoms with van der Waals surface area (Å²) >= 11 is 0. The lowest BCUT2D eigenvalue weighted by Gasteiger charge is -2.22. The molecule has 0 saturated heterocycles. The summed E-state index contributed by atoms with van der Waals surface area (Å²) in [6.07, 6.45) is 7.81. The van der Waals surface area contributed by atoms with E-state index in [-0.39, 0.29) is 10.6 Å². The quantitative estimate of drug-likeness (QED) is 0.126. The molecule has 4 aromatic rings. The molecule has 3 heterocycles. The maximum Gasteiger partial charge on any atom is 0.294 e. The molecule has 0 spiro atoms. The third-order valence-corrected chi connectivity index (χ3v) is 8.44. The third-order valence-electron chi connectivity index (χ3n) is 7.57. The van der Waals surface area contributed by atoms with E-state index in [9.17, 15) is 14.7 Å². The molecular weight excluding hydrogens is 549 g/mol. The van der Waals surface area contributed by atoms with Crippen molar-refractivity contribution in [3.8, 4) is 11.3 Å². The van der Waals surface area contributed by atoms with Crippen LogP contribution in [0.15, 0.2) is 48.5 Å². The second kappa shape index (κ2) is 11.7. The normalized spacial score (nSPS) is 13.3. The van der Waals surface area contributed by atoms with E-state index < -0.39 is 7.14 Å². The number of nitrogens with zero attached hydrogens (tertiary/aromatic N) is 6. The topological polar surface area (TPSA) is 109 Å². The molecule has 1 aliphatic heterocycles. The van der Waals surface area contributed by atoms with Gasteiger partial charge < -0.3 is 24.2 Å². The van der Waals surface area contributed by atoms with Crippen LogP contribution >= 0.6 is 7.14 Å². The van der Waals surface area contributed by atoms with E-state index in [0.29, 0.717) is 29.6 Å². The van der Waals surface area contributed by atoms with Gasteiger partial charge in [0.25, 0.3) is 5.69 Å². The van der Waals surface area contributed by atoms with Crippen molar-refractivity contribution in [3.05, 3.63) is 75.3 Å². The van der Waals surface area contributed by atoms with Gasteiger partial charge in [0.15, 0.2) is 0 Å². The number of likely N-dealkylation sites (N-methyl/N-ethyl adjacent to an activating group) is 2. The number of aryl methyl sites for hydroxylation is 3. The molecule has 5 rings (SSSR count). The van der Waals surface area contributed by atoms with Crippen molar-refractivity contribution in [3.63, 3.8) is 0 Å². The fourth-order valence-corrected chi connectivity index (χ4v) is 5.87. The van der Waals surface area contributed by atoms with Gasteiger partial charge >= 0.3 is 0 Å². The maximum absolute atomic E-state index is 12.5. The van der Waals surface area contributed by atoms with Crippen molar-refractivity contribution in [2.45, 2.75) is 26.3 Å². The molecule has 2 aromatic heterocycles. The van der Waals surface area contributed by atoms with Crippen molar-refractivity contribution in [1.82, 2.24) is 19.4 Å². The molecule has 11 heteroatoms. The highest BCUT2D eigenvalue weighted by Crippen LogP contribution is 2.41. The van der Waals surface area contributed by atoms with Gasteiger partial charge in [0.1, 0.15) is 12.8 Å². The van der Waals surface area contributed by atoms with Gasteiger partial charge in [-0.05, 0) is 76.3 Å². The summed E-state index contributed by atoms with van der Waals surface area (Å²) in [5.74, 6) is 2.06. The molecule has 0 saturated carbocycles. The first kappa shape index (κ1) is 29.5. The summed E-state index contributed by atoms with van der Waals surface area (Å²) in [6.45, 7) is 7.72. The van der Waals surface area contributed by atoms with Crippen molar-refractivity contribution >= 4 is 47.1 Å². The van der Waals surface area contributed by atoms with E-state index >= 15 is 0 Å². The van der Waals surface area contributed by atoms with Gasteiger partial charge in [-0.3, -0.25) is 10.1 Å². The highest BCUT2D eigenvalue weighted by atomic mass is 31.2. The number of aromatic nitrogens is 3. The molecular formula is C31H38N7O3P. The van der Waals surface area contributed by atoms with E-state index in [1.54, 1.807) is 31.4 Å². The molecule has 220 valence electrons. The Balaban J connectivity index is 1.58. The number of para-hydroxylation sites is 1. The van der Waals surface area contributed by atoms with Gasteiger partial charge in [0.2, 0.25) is 5.95 Å². The number of anilines is 3. The van der Waals surface area contributed by atoms with Crippen LogP contribution in [0.1, 0.15) is 23.1 Å². The van der Waals surface area contributed by atoms with Crippen molar-refractivity contribution in [1.29, 1.82) is 0 Å². The fourth-order valence-electron chi connectivity index (χ4n) is 5.35. The molecule has 10 nitrogen and oxygen atoms in total. The molecule has 0 radical (unpaired) electrons. The second-order valence-corrected chi connectivity index (χ2v) is 14.8. The molecule has 0 aliphatic carbocycles. The van der Waals surface area contributed by atoms with Crippen LogP contribution < -0.4 is 10.2 Å². The minimum atomic E-state index is -2.43. The van der Waals surface area contributed by atoms with E-state index in [4.69, 9.17) is 4.98 Å². The summed E-state index contributed by atoms with van der Waals surface area (Å²) in [4.78, 5) is 25.2. The Morgan fingerprint density at radius 1 is 1.19 bits per heavy atom. The van der Waals surface area contributed by atoms with Gasteiger partial charge in [-0.2, -0.15) is 0 Å². The molecule has 2 aromatic carbocycles. The van der Waals surface area contributed by atoms with Crippen LogP contribution in [-0.2, 0) is 17.5 Å². The van der Waals surface area contributed by atoms with Crippen LogP contribution in [0, 0.1) is 17.0 Å². The van der Waals surface area contributed by atoms with Crippen LogP contribution in [0.2, 0.25) is 0 Å². The Kier molecular flexibility index (Phi) is 8.21. The number of benzene rings is 2. The predicted molar refractivity (Wildman–Crippen MR) is 173 cm³/mol. The van der Waals surface area contributed by atoms with Gasteiger partial charge in [0, 0.05) is 61.7 Å². The summed E-state index contributed by atoms with van der Waals surface area (Å²) < 4.78 is 14.8. The molecule has 0 fully saturated rings. The van der Waals surface area contributed by atoms with E-state index in [2.05, 4.69) is 39.3 Å². The van der Waals surface area contributed by atoms with Crippen molar-refractivity contribution in [2.75, 3.05) is 57.8 Å². The van der Waals surface area contributed by atoms with Crippen LogP contribution in [0.5, 0.6) is 0 Å². The molecule has 0 amide bonds. The van der Waals surface area contributed by atoms with E-state index in [1.807, 2.05) is 50.0 Å². The molecule has 0 unspecified atom stereocenters. The fraction of sp³-hybridized carbons (Fsp3) is 0.355. The number of nitro groups is 1. The summed E-state index contributed by atoms with van der Waals surface area (Å²) in [6, 6.07) is 9.76. The Bertz CT molecular complexity index is 1740. The number of rotatable bonds is 10. The lowest BCUT2D eigenvalue weighted by Crippen LogP contribution is -2.29. The number of hydrogen-bond donors (Lipinski definition) is 1. The zero-order chi connectivity index (χ0) is 30.2. The van der Waals surface area contributed by atoms with Crippen molar-refractivity contribution < 1.29 is 9.49 Å². The summed E-state index contributed by atoms with van der Waals surface area (Å²) in [5, 5.41) is 16.4. The molecule has 0 bridgehead atoms. The average molecular weight is 588 g/mol. The van der Waals surface area contributed by atoms with Gasteiger partial charge in [0.05, 0.1) is 21.8 Å². The number of hydrogen-bond acceptors (Lipinski definition) is 8. The summed E-state index contributed by atoms with van der Waals surface area (Å²) in [5.41, 5.74) is 6.96. The SMILES string of the molecule is Cc1cc(N(C)CCN(C)C)c([N+](=O)[O-])cc1Nc1ncc(/C=C/P(C)(C)=O)c(-c2cn3c4c(cccc24)CCC3)n1. The zero-order valence-corrected chi connectivity index (χ0v) is 26.0. The molecule has 42 heavy (non-hydrogen) atoms. The van der Waals surface area contributed by atoms with Gasteiger partial charge in [-0.15, -0.1) is 0 Å². The van der Waals surface area contributed by atoms with Crippen LogP contribution in [0.4, 0.5) is 23.0 Å². The number of nitro benzene ring substituents is 1. The Labute approximate surface area is 246 Å². The standard InChI is InChI=1S/C31H38N7O3P/c1-21-17-27(36(4)15-14-35(2)3)28(38(39)40)18-26(21)33-31-32-19-23(12-16-42(5,6)41)29(34-31)25-20-37-13-8-10-22-9-7-11-24(25)30(22)37/h7,9,11-12,16-20H,8,10,13-15H2,1-6H3,(H,32,33,34)/b16-12+. The highest BCUT2D eigenvalue weighted by molar-refractivity contribution is 7.65.